The van der Waals surface area contributed by atoms with Gasteiger partial charge < -0.3 is 4.90 Å². The van der Waals surface area contributed by atoms with E-state index in [1.54, 1.807) is 6.92 Å². The minimum absolute atomic E-state index is 0.113. The van der Waals surface area contributed by atoms with E-state index >= 15 is 0 Å². The van der Waals surface area contributed by atoms with Gasteiger partial charge in [0.05, 0.1) is 17.8 Å². The van der Waals surface area contributed by atoms with Gasteiger partial charge in [0, 0.05) is 31.0 Å². The highest BCUT2D eigenvalue weighted by atomic mass is 32.2. The zero-order chi connectivity index (χ0) is 15.5. The lowest BCUT2D eigenvalue weighted by Gasteiger charge is -2.16. The third-order valence-corrected chi connectivity index (χ3v) is 4.87. The van der Waals surface area contributed by atoms with Gasteiger partial charge in [-0.25, -0.2) is 0 Å². The monoisotopic (exact) mass is 314 g/mol. The lowest BCUT2D eigenvalue weighted by molar-refractivity contribution is -0.128. The van der Waals surface area contributed by atoms with Gasteiger partial charge in [0.25, 0.3) is 0 Å². The lowest BCUT2D eigenvalue weighted by Crippen LogP contribution is -2.25. The van der Waals surface area contributed by atoms with Crippen LogP contribution >= 0.6 is 11.8 Å². The predicted molar refractivity (Wildman–Crippen MR) is 88.4 cm³/mol. The van der Waals surface area contributed by atoms with E-state index in [4.69, 9.17) is 0 Å². The Bertz CT molecular complexity index is 717. The number of pyridine rings is 1. The number of amides is 1. The van der Waals surface area contributed by atoms with Crippen LogP contribution in [0.2, 0.25) is 0 Å². The smallest absolute Gasteiger partial charge is 0.223 e. The van der Waals surface area contributed by atoms with Crippen molar-refractivity contribution in [1.29, 1.82) is 0 Å². The molecule has 22 heavy (non-hydrogen) atoms. The summed E-state index contributed by atoms with van der Waals surface area (Å²) in [7, 11) is 0. The SMILES string of the molecule is CC(=O)SCC1CC(=O)N(Cc2ccc3ccccc3n2)C1. The van der Waals surface area contributed by atoms with Gasteiger partial charge in [0.15, 0.2) is 5.12 Å². The second-order valence-electron chi connectivity index (χ2n) is 5.64. The van der Waals surface area contributed by atoms with Crippen LogP contribution in [-0.4, -0.2) is 33.2 Å². The zero-order valence-electron chi connectivity index (χ0n) is 12.5. The molecule has 1 aromatic carbocycles. The number of aromatic nitrogens is 1. The maximum Gasteiger partial charge on any atom is 0.223 e. The molecule has 3 rings (SSSR count). The molecule has 0 bridgehead atoms. The van der Waals surface area contributed by atoms with Crippen molar-refractivity contribution in [2.45, 2.75) is 19.9 Å². The first kappa shape index (κ1) is 15.0. The number of likely N-dealkylation sites (tertiary alicyclic amines) is 1. The number of fused-ring (bicyclic) bond motifs is 1. The number of para-hydroxylation sites is 1. The van der Waals surface area contributed by atoms with E-state index in [2.05, 4.69) is 4.98 Å². The third-order valence-electron chi connectivity index (χ3n) is 3.83. The van der Waals surface area contributed by atoms with E-state index in [9.17, 15) is 9.59 Å². The molecule has 1 unspecified atom stereocenters. The van der Waals surface area contributed by atoms with Crippen LogP contribution in [-0.2, 0) is 16.1 Å². The Balaban J connectivity index is 1.66. The number of carbonyl (C=O) groups excluding carboxylic acids is 2. The average molecular weight is 314 g/mol. The Labute approximate surface area is 133 Å². The molecule has 0 aliphatic carbocycles. The molecule has 1 amide bonds. The molecule has 2 heterocycles. The quantitative estimate of drug-likeness (QED) is 0.871. The van der Waals surface area contributed by atoms with Crippen molar-refractivity contribution in [3.63, 3.8) is 0 Å². The molecule has 4 nitrogen and oxygen atoms in total. The standard InChI is InChI=1S/C17H18N2O2S/c1-12(20)22-11-13-8-17(21)19(9-13)10-15-7-6-14-4-2-3-5-16(14)18-15/h2-7,13H,8-11H2,1H3. The molecule has 1 saturated heterocycles. The molecule has 1 aliphatic heterocycles. The van der Waals surface area contributed by atoms with Gasteiger partial charge in [-0.2, -0.15) is 0 Å². The summed E-state index contributed by atoms with van der Waals surface area (Å²) in [5.74, 6) is 1.15. The van der Waals surface area contributed by atoms with Gasteiger partial charge in [-0.05, 0) is 18.1 Å². The first-order valence-electron chi connectivity index (χ1n) is 7.37. The van der Waals surface area contributed by atoms with Crippen LogP contribution in [0.15, 0.2) is 36.4 Å². The van der Waals surface area contributed by atoms with Crippen molar-refractivity contribution >= 4 is 33.7 Å². The highest BCUT2D eigenvalue weighted by Crippen LogP contribution is 2.24. The molecule has 1 atom stereocenters. The van der Waals surface area contributed by atoms with Crippen LogP contribution in [0.4, 0.5) is 0 Å². The minimum atomic E-state index is 0.113. The molecule has 0 spiro atoms. The minimum Gasteiger partial charge on any atom is -0.336 e. The van der Waals surface area contributed by atoms with Gasteiger partial charge in [0.2, 0.25) is 5.91 Å². The molecule has 5 heteroatoms. The second kappa shape index (κ2) is 6.48. The number of carbonyl (C=O) groups is 2. The number of hydrogen-bond acceptors (Lipinski definition) is 4. The van der Waals surface area contributed by atoms with Crippen molar-refractivity contribution in [2.24, 2.45) is 5.92 Å². The summed E-state index contributed by atoms with van der Waals surface area (Å²) in [6.45, 7) is 2.83. The number of hydrogen-bond donors (Lipinski definition) is 0. The van der Waals surface area contributed by atoms with Crippen molar-refractivity contribution in [3.05, 3.63) is 42.1 Å². The summed E-state index contributed by atoms with van der Waals surface area (Å²) >= 11 is 1.31. The number of benzene rings is 1. The molecule has 1 aliphatic rings. The van der Waals surface area contributed by atoms with Crippen molar-refractivity contribution in [2.75, 3.05) is 12.3 Å². The Morgan fingerprint density at radius 1 is 1.32 bits per heavy atom. The van der Waals surface area contributed by atoms with E-state index in [-0.39, 0.29) is 16.9 Å². The van der Waals surface area contributed by atoms with Gasteiger partial charge in [-0.15, -0.1) is 0 Å². The van der Waals surface area contributed by atoms with Gasteiger partial charge in [-0.3, -0.25) is 14.6 Å². The molecule has 0 saturated carbocycles. The zero-order valence-corrected chi connectivity index (χ0v) is 13.3. The highest BCUT2D eigenvalue weighted by Gasteiger charge is 2.29. The van der Waals surface area contributed by atoms with E-state index in [0.29, 0.717) is 19.5 Å². The molecule has 1 fully saturated rings. The first-order chi connectivity index (χ1) is 10.6. The second-order valence-corrected chi connectivity index (χ2v) is 6.84. The predicted octanol–water partition coefficient (Wildman–Crippen LogP) is 2.86. The van der Waals surface area contributed by atoms with Crippen molar-refractivity contribution < 1.29 is 9.59 Å². The fraction of sp³-hybridized carbons (Fsp3) is 0.353. The molecule has 1 aromatic heterocycles. The Kier molecular flexibility index (Phi) is 4.43. The highest BCUT2D eigenvalue weighted by molar-refractivity contribution is 8.13. The van der Waals surface area contributed by atoms with Crippen LogP contribution < -0.4 is 0 Å². The van der Waals surface area contributed by atoms with E-state index < -0.39 is 0 Å². The molecular weight excluding hydrogens is 296 g/mol. The maximum absolute atomic E-state index is 12.1. The summed E-state index contributed by atoms with van der Waals surface area (Å²) in [5, 5.41) is 1.22. The average Bonchev–Trinajstić information content (AvgIpc) is 2.85. The summed E-state index contributed by atoms with van der Waals surface area (Å²) in [6.07, 6.45) is 0.536. The fourth-order valence-electron chi connectivity index (χ4n) is 2.75. The Hall–Kier alpha value is -1.88. The summed E-state index contributed by atoms with van der Waals surface area (Å²) in [4.78, 5) is 29.6. The number of thioether (sulfide) groups is 1. The Morgan fingerprint density at radius 3 is 2.95 bits per heavy atom. The fourth-order valence-corrected chi connectivity index (χ4v) is 3.44. The van der Waals surface area contributed by atoms with Crippen LogP contribution in [0.25, 0.3) is 10.9 Å². The Morgan fingerprint density at radius 2 is 2.14 bits per heavy atom. The molecule has 114 valence electrons. The number of nitrogens with zero attached hydrogens (tertiary/aromatic N) is 2. The molecule has 0 N–H and O–H groups in total. The summed E-state index contributed by atoms with van der Waals surface area (Å²) < 4.78 is 0. The third kappa shape index (κ3) is 3.47. The summed E-state index contributed by atoms with van der Waals surface area (Å²) in [5.41, 5.74) is 1.86. The molecule has 0 radical (unpaired) electrons. The lowest BCUT2D eigenvalue weighted by atomic mass is 10.1. The van der Waals surface area contributed by atoms with Crippen LogP contribution in [0.5, 0.6) is 0 Å². The van der Waals surface area contributed by atoms with Crippen LogP contribution in [0.3, 0.4) is 0 Å². The maximum atomic E-state index is 12.1. The topological polar surface area (TPSA) is 50.3 Å². The van der Waals surface area contributed by atoms with E-state index in [1.165, 1.54) is 11.8 Å². The van der Waals surface area contributed by atoms with Crippen LogP contribution in [0, 0.1) is 5.92 Å². The van der Waals surface area contributed by atoms with Crippen molar-refractivity contribution in [1.82, 2.24) is 9.88 Å². The largest absolute Gasteiger partial charge is 0.336 e. The van der Waals surface area contributed by atoms with E-state index in [1.807, 2.05) is 41.3 Å². The molecular formula is C17H18N2O2S. The van der Waals surface area contributed by atoms with E-state index in [0.717, 1.165) is 22.3 Å². The van der Waals surface area contributed by atoms with Gasteiger partial charge >= 0.3 is 0 Å². The summed E-state index contributed by atoms with van der Waals surface area (Å²) in [6, 6.07) is 12.0. The normalized spacial score (nSPS) is 18.1. The molecule has 2 aromatic rings. The number of rotatable bonds is 4. The first-order valence-corrected chi connectivity index (χ1v) is 8.36. The van der Waals surface area contributed by atoms with Crippen molar-refractivity contribution in [3.8, 4) is 0 Å². The van der Waals surface area contributed by atoms with Gasteiger partial charge in [-0.1, -0.05) is 36.0 Å². The van der Waals surface area contributed by atoms with Gasteiger partial charge in [0.1, 0.15) is 0 Å². The van der Waals surface area contributed by atoms with Crippen LogP contribution in [0.1, 0.15) is 19.0 Å².